The van der Waals surface area contributed by atoms with Gasteiger partial charge in [-0.05, 0) is 45.2 Å². The average molecular weight is 229 g/mol. The van der Waals surface area contributed by atoms with Crippen molar-refractivity contribution in [1.82, 2.24) is 4.90 Å². The van der Waals surface area contributed by atoms with Crippen LogP contribution in [0.25, 0.3) is 0 Å². The molecule has 0 N–H and O–H groups in total. The Bertz CT molecular complexity index is 198. The summed E-state index contributed by atoms with van der Waals surface area (Å²) in [5.41, 5.74) is 0. The number of carbonyl (C=O) groups is 1. The molecular formula is C12H23NOS. The lowest BCUT2D eigenvalue weighted by Gasteiger charge is -2.35. The lowest BCUT2D eigenvalue weighted by Crippen LogP contribution is -2.41. The Balaban J connectivity index is 2.32. The van der Waals surface area contributed by atoms with Crippen LogP contribution >= 0.6 is 11.8 Å². The molecule has 0 aromatic heterocycles. The molecule has 2 nitrogen and oxygen atoms in total. The molecule has 1 rings (SSSR count). The Kier molecular flexibility index (Phi) is 5.69. The maximum absolute atomic E-state index is 11.2. The first-order chi connectivity index (χ1) is 7.15. The minimum atomic E-state index is 0.455. The number of hydrogen-bond acceptors (Lipinski definition) is 3. The fourth-order valence-corrected chi connectivity index (χ4v) is 2.76. The third kappa shape index (κ3) is 4.15. The molecule has 0 heterocycles. The first-order valence-electron chi connectivity index (χ1n) is 5.87. The number of nitrogens with zero attached hydrogens (tertiary/aromatic N) is 1. The Hall–Kier alpha value is -0.0200. The van der Waals surface area contributed by atoms with E-state index in [0.29, 0.717) is 17.9 Å². The van der Waals surface area contributed by atoms with E-state index in [0.717, 1.165) is 25.7 Å². The number of ketones is 1. The highest BCUT2D eigenvalue weighted by molar-refractivity contribution is 7.98. The van der Waals surface area contributed by atoms with Crippen LogP contribution in [0.4, 0.5) is 0 Å². The van der Waals surface area contributed by atoms with E-state index >= 15 is 0 Å². The molecule has 0 aromatic carbocycles. The zero-order valence-electron chi connectivity index (χ0n) is 10.2. The van der Waals surface area contributed by atoms with Crippen molar-refractivity contribution in [2.24, 2.45) is 0 Å². The van der Waals surface area contributed by atoms with Crippen LogP contribution < -0.4 is 0 Å². The highest BCUT2D eigenvalue weighted by Gasteiger charge is 2.24. The molecule has 0 saturated heterocycles. The van der Waals surface area contributed by atoms with E-state index in [-0.39, 0.29) is 0 Å². The molecule has 0 bridgehead atoms. The number of thioether (sulfide) groups is 1. The van der Waals surface area contributed by atoms with Gasteiger partial charge < -0.3 is 4.90 Å². The normalized spacial score (nSPS) is 20.9. The van der Waals surface area contributed by atoms with Gasteiger partial charge in [0.25, 0.3) is 0 Å². The predicted molar refractivity (Wildman–Crippen MR) is 67.5 cm³/mol. The summed E-state index contributed by atoms with van der Waals surface area (Å²) in [6.45, 7) is 2.30. The maximum atomic E-state index is 11.2. The second-order valence-corrected chi connectivity index (χ2v) is 5.55. The van der Waals surface area contributed by atoms with Crippen LogP contribution in [0.2, 0.25) is 0 Å². The molecule has 1 aliphatic rings. The van der Waals surface area contributed by atoms with Gasteiger partial charge in [0, 0.05) is 24.9 Å². The molecule has 0 spiro atoms. The summed E-state index contributed by atoms with van der Waals surface area (Å²) in [7, 11) is 2.21. The Morgan fingerprint density at radius 3 is 2.60 bits per heavy atom. The monoisotopic (exact) mass is 229 g/mol. The van der Waals surface area contributed by atoms with Crippen molar-refractivity contribution in [3.8, 4) is 0 Å². The van der Waals surface area contributed by atoms with Gasteiger partial charge in [-0.25, -0.2) is 0 Å². The quantitative estimate of drug-likeness (QED) is 0.722. The Morgan fingerprint density at radius 2 is 2.07 bits per heavy atom. The SMILES string of the molecule is CSCCC(C)N(C)C1CCC(=O)CC1. The highest BCUT2D eigenvalue weighted by atomic mass is 32.2. The fraction of sp³-hybridized carbons (Fsp3) is 0.917. The Labute approximate surface area is 97.8 Å². The largest absolute Gasteiger partial charge is 0.301 e. The van der Waals surface area contributed by atoms with Crippen molar-refractivity contribution in [2.45, 2.75) is 51.1 Å². The molecule has 3 heteroatoms. The third-order valence-electron chi connectivity index (χ3n) is 3.52. The molecule has 88 valence electrons. The molecule has 15 heavy (non-hydrogen) atoms. The van der Waals surface area contributed by atoms with Gasteiger partial charge in [-0.2, -0.15) is 11.8 Å². The van der Waals surface area contributed by atoms with E-state index < -0.39 is 0 Å². The average Bonchev–Trinajstić information content (AvgIpc) is 2.26. The lowest BCUT2D eigenvalue weighted by molar-refractivity contribution is -0.121. The smallest absolute Gasteiger partial charge is 0.133 e. The zero-order chi connectivity index (χ0) is 11.3. The van der Waals surface area contributed by atoms with Crippen molar-refractivity contribution in [2.75, 3.05) is 19.1 Å². The van der Waals surface area contributed by atoms with Crippen molar-refractivity contribution >= 4 is 17.5 Å². The van der Waals surface area contributed by atoms with Crippen molar-refractivity contribution in [3.05, 3.63) is 0 Å². The zero-order valence-corrected chi connectivity index (χ0v) is 11.0. The lowest BCUT2D eigenvalue weighted by atomic mass is 9.92. The number of carbonyl (C=O) groups excluding carboxylic acids is 1. The van der Waals surface area contributed by atoms with E-state index in [9.17, 15) is 4.79 Å². The summed E-state index contributed by atoms with van der Waals surface area (Å²) in [6, 6.07) is 1.29. The van der Waals surface area contributed by atoms with Crippen molar-refractivity contribution in [1.29, 1.82) is 0 Å². The van der Waals surface area contributed by atoms with Gasteiger partial charge >= 0.3 is 0 Å². The molecule has 1 unspecified atom stereocenters. The highest BCUT2D eigenvalue weighted by Crippen LogP contribution is 2.22. The summed E-state index contributed by atoms with van der Waals surface area (Å²) in [5.74, 6) is 1.69. The molecule has 0 amide bonds. The van der Waals surface area contributed by atoms with Crippen LogP contribution in [0, 0.1) is 0 Å². The summed E-state index contributed by atoms with van der Waals surface area (Å²) >= 11 is 1.91. The van der Waals surface area contributed by atoms with Crippen molar-refractivity contribution in [3.63, 3.8) is 0 Å². The van der Waals surface area contributed by atoms with Gasteiger partial charge in [-0.15, -0.1) is 0 Å². The van der Waals surface area contributed by atoms with Gasteiger partial charge in [-0.3, -0.25) is 4.79 Å². The van der Waals surface area contributed by atoms with Crippen LogP contribution in [-0.4, -0.2) is 41.8 Å². The van der Waals surface area contributed by atoms with E-state index in [1.807, 2.05) is 11.8 Å². The van der Waals surface area contributed by atoms with Crippen molar-refractivity contribution < 1.29 is 4.79 Å². The summed E-state index contributed by atoms with van der Waals surface area (Å²) < 4.78 is 0. The summed E-state index contributed by atoms with van der Waals surface area (Å²) in [6.07, 6.45) is 7.14. The topological polar surface area (TPSA) is 20.3 Å². The maximum Gasteiger partial charge on any atom is 0.133 e. The molecule has 0 radical (unpaired) electrons. The van der Waals surface area contributed by atoms with E-state index in [2.05, 4.69) is 25.1 Å². The molecule has 1 fully saturated rings. The van der Waals surface area contributed by atoms with Gasteiger partial charge in [0.15, 0.2) is 0 Å². The van der Waals surface area contributed by atoms with Gasteiger partial charge in [0.1, 0.15) is 5.78 Å². The van der Waals surface area contributed by atoms with Crippen LogP contribution in [0.15, 0.2) is 0 Å². The summed E-state index contributed by atoms with van der Waals surface area (Å²) in [4.78, 5) is 13.6. The Morgan fingerprint density at radius 1 is 1.47 bits per heavy atom. The van der Waals surface area contributed by atoms with Gasteiger partial charge in [-0.1, -0.05) is 0 Å². The second kappa shape index (κ2) is 6.54. The van der Waals surface area contributed by atoms with E-state index in [4.69, 9.17) is 0 Å². The predicted octanol–water partition coefficient (Wildman–Crippen LogP) is 2.57. The minimum absolute atomic E-state index is 0.455. The first kappa shape index (κ1) is 13.0. The molecule has 1 aliphatic carbocycles. The van der Waals surface area contributed by atoms with Gasteiger partial charge in [0.05, 0.1) is 0 Å². The first-order valence-corrected chi connectivity index (χ1v) is 7.27. The fourth-order valence-electron chi connectivity index (χ4n) is 2.18. The van der Waals surface area contributed by atoms with Crippen LogP contribution in [0.3, 0.4) is 0 Å². The number of hydrogen-bond donors (Lipinski definition) is 0. The molecule has 1 saturated carbocycles. The number of rotatable bonds is 5. The minimum Gasteiger partial charge on any atom is -0.301 e. The van der Waals surface area contributed by atoms with E-state index in [1.54, 1.807) is 0 Å². The van der Waals surface area contributed by atoms with Crippen LogP contribution in [0.1, 0.15) is 39.0 Å². The summed E-state index contributed by atoms with van der Waals surface area (Å²) in [5, 5.41) is 0. The number of Topliss-reactive ketones (excluding diaryl/α,β-unsaturated/α-hetero) is 1. The van der Waals surface area contributed by atoms with E-state index in [1.165, 1.54) is 12.2 Å². The molecule has 0 aromatic rings. The molecule has 1 atom stereocenters. The van der Waals surface area contributed by atoms with Crippen LogP contribution in [0.5, 0.6) is 0 Å². The molecular weight excluding hydrogens is 206 g/mol. The van der Waals surface area contributed by atoms with Gasteiger partial charge in [0.2, 0.25) is 0 Å². The standard InChI is InChI=1S/C12H23NOS/c1-10(8-9-15-3)13(2)11-4-6-12(14)7-5-11/h10-11H,4-9H2,1-3H3. The third-order valence-corrected chi connectivity index (χ3v) is 4.17. The van der Waals surface area contributed by atoms with Crippen LogP contribution in [-0.2, 0) is 4.79 Å². The second-order valence-electron chi connectivity index (χ2n) is 4.57. The molecule has 0 aliphatic heterocycles.